The van der Waals surface area contributed by atoms with E-state index in [4.69, 9.17) is 0 Å². The van der Waals surface area contributed by atoms with Crippen LogP contribution in [0.1, 0.15) is 29.2 Å². The molecular weight excluding hydrogens is 272 g/mol. The molecule has 5 heteroatoms. The molecule has 112 valence electrons. The number of nitrogens with zero attached hydrogens (tertiary/aromatic N) is 1. The van der Waals surface area contributed by atoms with E-state index in [2.05, 4.69) is 11.4 Å². The van der Waals surface area contributed by atoms with Crippen molar-refractivity contribution in [1.29, 1.82) is 0 Å². The fraction of sp³-hybridized carbons (Fsp3) is 0.600. The molecule has 1 N–H and O–H groups in total. The third kappa shape index (κ3) is 2.38. The van der Waals surface area contributed by atoms with Gasteiger partial charge in [0.25, 0.3) is 0 Å². The van der Waals surface area contributed by atoms with Crippen molar-refractivity contribution in [2.24, 2.45) is 0 Å². The molecule has 1 saturated heterocycles. The number of hydrogen-bond donors (Lipinski definition) is 1. The van der Waals surface area contributed by atoms with Crippen LogP contribution in [-0.2, 0) is 10.0 Å². The first kappa shape index (κ1) is 15.5. The number of sulfonamides is 1. The topological polar surface area (TPSA) is 49.4 Å². The van der Waals surface area contributed by atoms with Crippen LogP contribution in [0.3, 0.4) is 0 Å². The number of aryl methyl sites for hydroxylation is 2. The van der Waals surface area contributed by atoms with Crippen LogP contribution < -0.4 is 5.32 Å². The monoisotopic (exact) mass is 296 g/mol. The Hall–Kier alpha value is -0.910. The van der Waals surface area contributed by atoms with Crippen LogP contribution in [0.25, 0.3) is 0 Å². The summed E-state index contributed by atoms with van der Waals surface area (Å²) in [6, 6.07) is 2.15. The van der Waals surface area contributed by atoms with E-state index in [-0.39, 0.29) is 6.04 Å². The molecule has 0 saturated carbocycles. The number of hydrogen-bond acceptors (Lipinski definition) is 3. The van der Waals surface area contributed by atoms with Crippen LogP contribution in [-0.4, -0.2) is 38.4 Å². The summed E-state index contributed by atoms with van der Waals surface area (Å²) >= 11 is 0. The lowest BCUT2D eigenvalue weighted by molar-refractivity contribution is 0.249. The van der Waals surface area contributed by atoms with E-state index >= 15 is 0 Å². The first-order chi connectivity index (χ1) is 9.30. The van der Waals surface area contributed by atoms with Gasteiger partial charge in [-0.05, 0) is 49.9 Å². The van der Waals surface area contributed by atoms with E-state index in [1.165, 1.54) is 0 Å². The van der Waals surface area contributed by atoms with Crippen LogP contribution >= 0.6 is 0 Å². The first-order valence-electron chi connectivity index (χ1n) is 7.10. The highest BCUT2D eigenvalue weighted by Gasteiger charge is 2.35. The molecule has 1 heterocycles. The van der Waals surface area contributed by atoms with E-state index in [1.54, 1.807) is 4.31 Å². The molecule has 0 aliphatic carbocycles. The Kier molecular flexibility index (Phi) is 4.23. The van der Waals surface area contributed by atoms with E-state index < -0.39 is 10.0 Å². The molecule has 1 aliphatic rings. The predicted molar refractivity (Wildman–Crippen MR) is 81.6 cm³/mol. The van der Waals surface area contributed by atoms with Gasteiger partial charge in [0.1, 0.15) is 0 Å². The molecule has 0 atom stereocenters. The molecule has 2 rings (SSSR count). The summed E-state index contributed by atoms with van der Waals surface area (Å²) in [7, 11) is -3.42. The van der Waals surface area contributed by atoms with Gasteiger partial charge in [0.2, 0.25) is 10.0 Å². The Morgan fingerprint density at radius 2 is 1.65 bits per heavy atom. The third-order valence-electron chi connectivity index (χ3n) is 4.34. The van der Waals surface area contributed by atoms with Gasteiger partial charge in [-0.3, -0.25) is 0 Å². The summed E-state index contributed by atoms with van der Waals surface area (Å²) in [5.41, 5.74) is 3.82. The summed E-state index contributed by atoms with van der Waals surface area (Å²) in [5.74, 6) is 0. The van der Waals surface area contributed by atoms with Crippen LogP contribution in [0.4, 0.5) is 0 Å². The minimum atomic E-state index is -3.42. The lowest BCUT2D eigenvalue weighted by Crippen LogP contribution is -2.58. The molecule has 1 aromatic rings. The first-order valence-corrected chi connectivity index (χ1v) is 8.54. The summed E-state index contributed by atoms with van der Waals surface area (Å²) in [4.78, 5) is 0.503. The summed E-state index contributed by atoms with van der Waals surface area (Å²) in [5, 5.41) is 3.15. The van der Waals surface area contributed by atoms with Crippen molar-refractivity contribution in [3.05, 3.63) is 28.3 Å². The van der Waals surface area contributed by atoms with Gasteiger partial charge in [-0.1, -0.05) is 13.0 Å². The highest BCUT2D eigenvalue weighted by Crippen LogP contribution is 2.30. The molecule has 0 amide bonds. The van der Waals surface area contributed by atoms with E-state index in [1.807, 2.05) is 34.6 Å². The van der Waals surface area contributed by atoms with E-state index in [9.17, 15) is 8.42 Å². The molecule has 0 spiro atoms. The van der Waals surface area contributed by atoms with Crippen LogP contribution in [0, 0.1) is 27.7 Å². The molecule has 4 nitrogen and oxygen atoms in total. The molecule has 1 fully saturated rings. The third-order valence-corrected chi connectivity index (χ3v) is 6.64. The maximum absolute atomic E-state index is 13.0. The quantitative estimate of drug-likeness (QED) is 0.923. The van der Waals surface area contributed by atoms with Crippen molar-refractivity contribution < 1.29 is 8.42 Å². The summed E-state index contributed by atoms with van der Waals surface area (Å²) < 4.78 is 27.7. The predicted octanol–water partition coefficient (Wildman–Crippen LogP) is 1.90. The second-order valence-corrected chi connectivity index (χ2v) is 7.44. The zero-order valence-corrected chi connectivity index (χ0v) is 13.8. The van der Waals surface area contributed by atoms with E-state index in [0.29, 0.717) is 11.4 Å². The van der Waals surface area contributed by atoms with Gasteiger partial charge in [0.05, 0.1) is 4.90 Å². The molecule has 0 bridgehead atoms. The average Bonchev–Trinajstić information content (AvgIpc) is 2.30. The van der Waals surface area contributed by atoms with Crippen LogP contribution in [0.5, 0.6) is 0 Å². The smallest absolute Gasteiger partial charge is 0.243 e. The molecule has 1 aromatic carbocycles. The lowest BCUT2D eigenvalue weighted by Gasteiger charge is -2.37. The standard InChI is InChI=1S/C15H24N2O2S/c1-6-17(14-8-16-9-14)20(18,19)15-12(4)10(2)7-11(3)13(15)5/h7,14,16H,6,8-9H2,1-5H3. The highest BCUT2D eigenvalue weighted by molar-refractivity contribution is 7.89. The van der Waals surface area contributed by atoms with Crippen LogP contribution in [0.15, 0.2) is 11.0 Å². The fourth-order valence-corrected chi connectivity index (χ4v) is 5.00. The molecule has 20 heavy (non-hydrogen) atoms. The fourth-order valence-electron chi connectivity index (χ4n) is 2.79. The van der Waals surface area contributed by atoms with Gasteiger partial charge in [-0.25, -0.2) is 8.42 Å². The number of nitrogens with one attached hydrogen (secondary N) is 1. The number of likely N-dealkylation sites (N-methyl/N-ethyl adjacent to an activating group) is 1. The van der Waals surface area contributed by atoms with Crippen molar-refractivity contribution in [1.82, 2.24) is 9.62 Å². The maximum Gasteiger partial charge on any atom is 0.243 e. The normalized spacial score (nSPS) is 16.5. The molecular formula is C15H24N2O2S. The highest BCUT2D eigenvalue weighted by atomic mass is 32.2. The second-order valence-electron chi connectivity index (χ2n) is 5.61. The van der Waals surface area contributed by atoms with Crippen molar-refractivity contribution in [2.75, 3.05) is 19.6 Å². The summed E-state index contributed by atoms with van der Waals surface area (Å²) in [6.07, 6.45) is 0. The Morgan fingerprint density at radius 1 is 1.15 bits per heavy atom. The minimum Gasteiger partial charge on any atom is -0.313 e. The second kappa shape index (κ2) is 5.47. The van der Waals surface area contributed by atoms with Gasteiger partial charge < -0.3 is 5.32 Å². The zero-order chi connectivity index (χ0) is 15.1. The Labute approximate surface area is 122 Å². The van der Waals surface area contributed by atoms with Gasteiger partial charge in [-0.15, -0.1) is 0 Å². The lowest BCUT2D eigenvalue weighted by atomic mass is 10.0. The number of rotatable bonds is 4. The van der Waals surface area contributed by atoms with Crippen molar-refractivity contribution in [2.45, 2.75) is 45.6 Å². The van der Waals surface area contributed by atoms with Crippen molar-refractivity contribution >= 4 is 10.0 Å². The number of benzene rings is 1. The molecule has 1 aliphatic heterocycles. The maximum atomic E-state index is 13.0. The Balaban J connectivity index is 2.59. The zero-order valence-electron chi connectivity index (χ0n) is 12.9. The minimum absolute atomic E-state index is 0.0876. The molecule has 0 unspecified atom stereocenters. The van der Waals surface area contributed by atoms with Gasteiger partial charge in [0, 0.05) is 25.7 Å². The average molecular weight is 296 g/mol. The van der Waals surface area contributed by atoms with Gasteiger partial charge in [0.15, 0.2) is 0 Å². The van der Waals surface area contributed by atoms with Gasteiger partial charge in [-0.2, -0.15) is 4.31 Å². The Morgan fingerprint density at radius 3 is 2.00 bits per heavy atom. The Bertz CT molecular complexity index is 593. The largest absolute Gasteiger partial charge is 0.313 e. The van der Waals surface area contributed by atoms with Crippen molar-refractivity contribution in [3.8, 4) is 0 Å². The molecule has 0 aromatic heterocycles. The summed E-state index contributed by atoms with van der Waals surface area (Å²) in [6.45, 7) is 11.7. The van der Waals surface area contributed by atoms with Gasteiger partial charge >= 0.3 is 0 Å². The SMILES string of the molecule is CCN(C1CNC1)S(=O)(=O)c1c(C)c(C)cc(C)c1C. The van der Waals surface area contributed by atoms with Crippen LogP contribution in [0.2, 0.25) is 0 Å². The molecule has 0 radical (unpaired) electrons. The van der Waals surface area contributed by atoms with Crippen molar-refractivity contribution in [3.63, 3.8) is 0 Å². The van der Waals surface area contributed by atoms with E-state index in [0.717, 1.165) is 35.3 Å².